The molecule has 0 unspecified atom stereocenters. The molecule has 0 saturated carbocycles. The predicted molar refractivity (Wildman–Crippen MR) is 66.6 cm³/mol. The van der Waals surface area contributed by atoms with Crippen LogP contribution < -0.4 is 0 Å². The molecule has 1 heterocycles. The summed E-state index contributed by atoms with van der Waals surface area (Å²) in [6.45, 7) is 4.63. The van der Waals surface area contributed by atoms with E-state index in [1.54, 1.807) is 17.0 Å². The lowest BCUT2D eigenvalue weighted by atomic mass is 9.83. The minimum absolute atomic E-state index is 0.0225. The highest BCUT2D eigenvalue weighted by Gasteiger charge is 2.36. The van der Waals surface area contributed by atoms with Crippen molar-refractivity contribution in [3.8, 4) is 0 Å². The third kappa shape index (κ3) is 2.38. The summed E-state index contributed by atoms with van der Waals surface area (Å²) in [4.78, 5) is 14.1. The Balaban J connectivity index is 2.19. The van der Waals surface area contributed by atoms with Crippen molar-refractivity contribution in [3.63, 3.8) is 0 Å². The number of hydrogen-bond donors (Lipinski definition) is 1. The molecule has 1 fully saturated rings. The van der Waals surface area contributed by atoms with Crippen LogP contribution in [0, 0.1) is 5.82 Å². The first-order valence-electron chi connectivity index (χ1n) is 6.15. The van der Waals surface area contributed by atoms with Gasteiger partial charge in [0.25, 0.3) is 0 Å². The standard InChI is InChI=1S/C14H18FNO2/c1-14(2,10-3-5-11(15)6-4-10)13(18)16-8-7-12(17)9-16/h3-6,12,17H,7-9H2,1-2H3/t12-/m0/s1. The molecule has 0 spiro atoms. The maximum Gasteiger partial charge on any atom is 0.232 e. The summed E-state index contributed by atoms with van der Waals surface area (Å²) in [5.74, 6) is -0.329. The molecular weight excluding hydrogens is 233 g/mol. The number of aliphatic hydroxyl groups excluding tert-OH is 1. The first kappa shape index (κ1) is 13.0. The van der Waals surface area contributed by atoms with E-state index in [1.165, 1.54) is 12.1 Å². The van der Waals surface area contributed by atoms with E-state index in [4.69, 9.17) is 0 Å². The zero-order chi connectivity index (χ0) is 13.3. The summed E-state index contributed by atoms with van der Waals surface area (Å²) >= 11 is 0. The summed E-state index contributed by atoms with van der Waals surface area (Å²) < 4.78 is 12.9. The zero-order valence-corrected chi connectivity index (χ0v) is 10.7. The van der Waals surface area contributed by atoms with E-state index in [1.807, 2.05) is 13.8 Å². The summed E-state index contributed by atoms with van der Waals surface area (Å²) in [7, 11) is 0. The van der Waals surface area contributed by atoms with Gasteiger partial charge in [0.05, 0.1) is 11.5 Å². The number of hydrogen-bond acceptors (Lipinski definition) is 2. The number of rotatable bonds is 2. The molecular formula is C14H18FNO2. The molecule has 1 aliphatic heterocycles. The quantitative estimate of drug-likeness (QED) is 0.869. The average molecular weight is 251 g/mol. The normalized spacial score (nSPS) is 20.2. The van der Waals surface area contributed by atoms with Gasteiger partial charge in [-0.3, -0.25) is 4.79 Å². The molecule has 0 radical (unpaired) electrons. The SMILES string of the molecule is CC(C)(C(=O)N1CC[C@H](O)C1)c1ccc(F)cc1. The molecule has 3 nitrogen and oxygen atoms in total. The van der Waals surface area contributed by atoms with Crippen LogP contribution in [-0.2, 0) is 10.2 Å². The van der Waals surface area contributed by atoms with Gasteiger partial charge < -0.3 is 10.0 Å². The van der Waals surface area contributed by atoms with Crippen LogP contribution in [0.1, 0.15) is 25.8 Å². The number of amides is 1. The lowest BCUT2D eigenvalue weighted by molar-refractivity contribution is -0.135. The van der Waals surface area contributed by atoms with E-state index in [0.29, 0.717) is 19.5 Å². The van der Waals surface area contributed by atoms with Crippen LogP contribution in [0.2, 0.25) is 0 Å². The monoisotopic (exact) mass is 251 g/mol. The second kappa shape index (κ2) is 4.69. The smallest absolute Gasteiger partial charge is 0.232 e. The number of halogens is 1. The molecule has 1 aromatic rings. The van der Waals surface area contributed by atoms with Gasteiger partial charge >= 0.3 is 0 Å². The van der Waals surface area contributed by atoms with E-state index >= 15 is 0 Å². The van der Waals surface area contributed by atoms with Crippen LogP contribution in [0.25, 0.3) is 0 Å². The van der Waals surface area contributed by atoms with Gasteiger partial charge in [-0.15, -0.1) is 0 Å². The van der Waals surface area contributed by atoms with Gasteiger partial charge in [-0.25, -0.2) is 4.39 Å². The Morgan fingerprint density at radius 2 is 2.00 bits per heavy atom. The molecule has 1 saturated heterocycles. The first-order valence-corrected chi connectivity index (χ1v) is 6.15. The van der Waals surface area contributed by atoms with E-state index in [0.717, 1.165) is 5.56 Å². The number of likely N-dealkylation sites (tertiary alicyclic amines) is 1. The summed E-state index contributed by atoms with van der Waals surface area (Å²) in [5.41, 5.74) is 0.0906. The third-order valence-corrected chi connectivity index (χ3v) is 3.55. The fraction of sp³-hybridized carbons (Fsp3) is 0.500. The van der Waals surface area contributed by atoms with E-state index < -0.39 is 11.5 Å². The molecule has 0 aliphatic carbocycles. The van der Waals surface area contributed by atoms with Crippen molar-refractivity contribution in [1.82, 2.24) is 4.90 Å². The maximum absolute atomic E-state index is 12.9. The number of carbonyl (C=O) groups excluding carboxylic acids is 1. The number of benzene rings is 1. The van der Waals surface area contributed by atoms with Gasteiger partial charge in [-0.1, -0.05) is 12.1 Å². The topological polar surface area (TPSA) is 40.5 Å². The number of carbonyl (C=O) groups is 1. The molecule has 98 valence electrons. The van der Waals surface area contributed by atoms with Crippen molar-refractivity contribution >= 4 is 5.91 Å². The van der Waals surface area contributed by atoms with Gasteiger partial charge in [-0.05, 0) is 38.0 Å². The zero-order valence-electron chi connectivity index (χ0n) is 10.7. The molecule has 1 aliphatic rings. The molecule has 0 aromatic heterocycles. The van der Waals surface area contributed by atoms with Crippen LogP contribution in [0.5, 0.6) is 0 Å². The van der Waals surface area contributed by atoms with Gasteiger partial charge in [-0.2, -0.15) is 0 Å². The van der Waals surface area contributed by atoms with Gasteiger partial charge in [0.1, 0.15) is 5.82 Å². The fourth-order valence-electron chi connectivity index (χ4n) is 2.31. The Morgan fingerprint density at radius 3 is 2.50 bits per heavy atom. The van der Waals surface area contributed by atoms with Crippen molar-refractivity contribution in [3.05, 3.63) is 35.6 Å². The molecule has 1 N–H and O–H groups in total. The van der Waals surface area contributed by atoms with E-state index in [9.17, 15) is 14.3 Å². The molecule has 1 aromatic carbocycles. The van der Waals surface area contributed by atoms with Crippen molar-refractivity contribution in [2.45, 2.75) is 31.8 Å². The fourth-order valence-corrected chi connectivity index (χ4v) is 2.31. The molecule has 2 rings (SSSR count). The van der Waals surface area contributed by atoms with Crippen molar-refractivity contribution in [2.24, 2.45) is 0 Å². The van der Waals surface area contributed by atoms with Crippen molar-refractivity contribution in [2.75, 3.05) is 13.1 Å². The largest absolute Gasteiger partial charge is 0.391 e. The van der Waals surface area contributed by atoms with Crippen LogP contribution >= 0.6 is 0 Å². The highest BCUT2D eigenvalue weighted by Crippen LogP contribution is 2.27. The van der Waals surface area contributed by atoms with Crippen LogP contribution in [0.15, 0.2) is 24.3 Å². The Morgan fingerprint density at radius 1 is 1.39 bits per heavy atom. The van der Waals surface area contributed by atoms with Crippen LogP contribution in [0.3, 0.4) is 0 Å². The maximum atomic E-state index is 12.9. The van der Waals surface area contributed by atoms with E-state index in [2.05, 4.69) is 0 Å². The van der Waals surface area contributed by atoms with E-state index in [-0.39, 0.29) is 11.7 Å². The lowest BCUT2D eigenvalue weighted by Crippen LogP contribution is -2.42. The minimum atomic E-state index is -0.697. The van der Waals surface area contributed by atoms with Crippen LogP contribution in [0.4, 0.5) is 4.39 Å². The number of β-amino-alcohol motifs (C(OH)–C–C–N with tert-alkyl or cyclic N) is 1. The number of nitrogens with zero attached hydrogens (tertiary/aromatic N) is 1. The van der Waals surface area contributed by atoms with Gasteiger partial charge in [0.2, 0.25) is 5.91 Å². The molecule has 18 heavy (non-hydrogen) atoms. The first-order chi connectivity index (χ1) is 8.41. The average Bonchev–Trinajstić information content (AvgIpc) is 2.75. The Hall–Kier alpha value is -1.42. The van der Waals surface area contributed by atoms with Gasteiger partial charge in [0, 0.05) is 13.1 Å². The summed E-state index contributed by atoms with van der Waals surface area (Å²) in [6.07, 6.45) is 0.212. The predicted octanol–water partition coefficient (Wildman–Crippen LogP) is 1.70. The summed E-state index contributed by atoms with van der Waals surface area (Å²) in [6, 6.07) is 6.01. The van der Waals surface area contributed by atoms with Crippen molar-refractivity contribution < 1.29 is 14.3 Å². The number of aliphatic hydroxyl groups is 1. The lowest BCUT2D eigenvalue weighted by Gasteiger charge is -2.29. The van der Waals surface area contributed by atoms with Crippen LogP contribution in [-0.4, -0.2) is 35.1 Å². The second-order valence-electron chi connectivity index (χ2n) is 5.33. The Labute approximate surface area is 106 Å². The third-order valence-electron chi connectivity index (χ3n) is 3.55. The highest BCUT2D eigenvalue weighted by molar-refractivity contribution is 5.87. The second-order valence-corrected chi connectivity index (χ2v) is 5.33. The minimum Gasteiger partial charge on any atom is -0.391 e. The van der Waals surface area contributed by atoms with Crippen molar-refractivity contribution in [1.29, 1.82) is 0 Å². The molecule has 1 atom stereocenters. The Bertz CT molecular complexity index is 442. The molecule has 4 heteroatoms. The van der Waals surface area contributed by atoms with Gasteiger partial charge in [0.15, 0.2) is 0 Å². The molecule has 1 amide bonds. The Kier molecular flexibility index (Phi) is 3.39. The summed E-state index contributed by atoms with van der Waals surface area (Å²) in [5, 5.41) is 9.48. The highest BCUT2D eigenvalue weighted by atomic mass is 19.1. The molecule has 0 bridgehead atoms.